The zero-order chi connectivity index (χ0) is 15.5. The SMILES string of the molecule is COc1ccc(CN(C)S(=O)(=O)c2ccc(N)nc2)cc1. The normalized spacial score (nSPS) is 11.6. The lowest BCUT2D eigenvalue weighted by molar-refractivity contribution is 0.414. The van der Waals surface area contributed by atoms with Gasteiger partial charge in [-0.05, 0) is 29.8 Å². The molecule has 2 aromatic rings. The topological polar surface area (TPSA) is 85.5 Å². The monoisotopic (exact) mass is 307 g/mol. The maximum Gasteiger partial charge on any atom is 0.244 e. The highest BCUT2D eigenvalue weighted by atomic mass is 32.2. The van der Waals surface area contributed by atoms with Crippen LogP contribution < -0.4 is 10.5 Å². The van der Waals surface area contributed by atoms with Crippen LogP contribution in [0.2, 0.25) is 0 Å². The van der Waals surface area contributed by atoms with Crippen LogP contribution in [-0.4, -0.2) is 31.9 Å². The Kier molecular flexibility index (Phi) is 4.44. The Labute approximate surface area is 124 Å². The maximum absolute atomic E-state index is 12.4. The molecule has 0 fully saturated rings. The summed E-state index contributed by atoms with van der Waals surface area (Å²) < 4.78 is 31.1. The minimum absolute atomic E-state index is 0.118. The number of nitrogen functional groups attached to an aromatic ring is 1. The first kappa shape index (κ1) is 15.3. The van der Waals surface area contributed by atoms with Crippen molar-refractivity contribution in [1.29, 1.82) is 0 Å². The zero-order valence-electron chi connectivity index (χ0n) is 11.9. The van der Waals surface area contributed by atoms with E-state index in [1.165, 1.54) is 29.7 Å². The number of pyridine rings is 1. The molecule has 1 aromatic heterocycles. The third-order valence-electron chi connectivity index (χ3n) is 3.03. The maximum atomic E-state index is 12.4. The third kappa shape index (κ3) is 3.50. The smallest absolute Gasteiger partial charge is 0.244 e. The second-order valence-electron chi connectivity index (χ2n) is 4.53. The van der Waals surface area contributed by atoms with E-state index in [1.807, 2.05) is 12.1 Å². The molecule has 0 aliphatic heterocycles. The van der Waals surface area contributed by atoms with Crippen molar-refractivity contribution in [3.63, 3.8) is 0 Å². The number of nitrogens with two attached hydrogens (primary N) is 1. The van der Waals surface area contributed by atoms with E-state index < -0.39 is 10.0 Å². The van der Waals surface area contributed by atoms with Crippen LogP contribution in [0, 0.1) is 0 Å². The average Bonchev–Trinajstić information content (AvgIpc) is 2.48. The van der Waals surface area contributed by atoms with Crippen molar-refractivity contribution in [2.24, 2.45) is 0 Å². The molecule has 0 atom stereocenters. The molecule has 112 valence electrons. The fraction of sp³-hybridized carbons (Fsp3) is 0.214. The number of methoxy groups -OCH3 is 1. The number of anilines is 1. The van der Waals surface area contributed by atoms with E-state index in [2.05, 4.69) is 4.98 Å². The van der Waals surface area contributed by atoms with Crippen molar-refractivity contribution in [3.05, 3.63) is 48.2 Å². The van der Waals surface area contributed by atoms with Crippen LogP contribution in [0.1, 0.15) is 5.56 Å². The van der Waals surface area contributed by atoms with Crippen LogP contribution in [-0.2, 0) is 16.6 Å². The van der Waals surface area contributed by atoms with Gasteiger partial charge < -0.3 is 10.5 Å². The van der Waals surface area contributed by atoms with E-state index in [1.54, 1.807) is 19.2 Å². The fourth-order valence-electron chi connectivity index (χ4n) is 1.80. The standard InChI is InChI=1S/C14H17N3O3S/c1-17(10-11-3-5-12(20-2)6-4-11)21(18,19)13-7-8-14(15)16-9-13/h3-9H,10H2,1-2H3,(H2,15,16). The molecule has 0 saturated heterocycles. The second kappa shape index (κ2) is 6.11. The summed E-state index contributed by atoms with van der Waals surface area (Å²) >= 11 is 0. The molecule has 2 rings (SSSR count). The van der Waals surface area contributed by atoms with Crippen molar-refractivity contribution in [2.45, 2.75) is 11.4 Å². The first-order valence-corrected chi connectivity index (χ1v) is 7.68. The van der Waals surface area contributed by atoms with Gasteiger partial charge in [0.15, 0.2) is 0 Å². The lowest BCUT2D eigenvalue weighted by atomic mass is 10.2. The van der Waals surface area contributed by atoms with Crippen molar-refractivity contribution in [3.8, 4) is 5.75 Å². The average molecular weight is 307 g/mol. The predicted octanol–water partition coefficient (Wildman–Crippen LogP) is 1.49. The largest absolute Gasteiger partial charge is 0.497 e. The molecule has 1 aromatic carbocycles. The van der Waals surface area contributed by atoms with Crippen LogP contribution in [0.15, 0.2) is 47.5 Å². The van der Waals surface area contributed by atoms with Gasteiger partial charge in [-0.15, -0.1) is 0 Å². The molecule has 0 saturated carbocycles. The van der Waals surface area contributed by atoms with Gasteiger partial charge in [-0.1, -0.05) is 12.1 Å². The van der Waals surface area contributed by atoms with E-state index in [4.69, 9.17) is 10.5 Å². The summed E-state index contributed by atoms with van der Waals surface area (Å²) in [5.74, 6) is 1.01. The molecule has 0 unspecified atom stereocenters. The minimum Gasteiger partial charge on any atom is -0.497 e. The molecule has 0 aliphatic carbocycles. The van der Waals surface area contributed by atoms with Gasteiger partial charge in [-0.2, -0.15) is 4.31 Å². The lowest BCUT2D eigenvalue weighted by Crippen LogP contribution is -2.26. The molecule has 21 heavy (non-hydrogen) atoms. The first-order chi connectivity index (χ1) is 9.93. The molecular formula is C14H17N3O3S. The predicted molar refractivity (Wildman–Crippen MR) is 80.3 cm³/mol. The fourth-order valence-corrected chi connectivity index (χ4v) is 2.90. The highest BCUT2D eigenvalue weighted by molar-refractivity contribution is 7.89. The van der Waals surface area contributed by atoms with Crippen molar-refractivity contribution >= 4 is 15.8 Å². The second-order valence-corrected chi connectivity index (χ2v) is 6.57. The van der Waals surface area contributed by atoms with Gasteiger partial charge in [-0.3, -0.25) is 0 Å². The number of aromatic nitrogens is 1. The summed E-state index contributed by atoms with van der Waals surface area (Å²) in [6.45, 7) is 0.261. The van der Waals surface area contributed by atoms with Crippen LogP contribution in [0.25, 0.3) is 0 Å². The number of benzene rings is 1. The van der Waals surface area contributed by atoms with E-state index >= 15 is 0 Å². The Morgan fingerprint density at radius 3 is 2.38 bits per heavy atom. The first-order valence-electron chi connectivity index (χ1n) is 6.24. The Balaban J connectivity index is 2.17. The zero-order valence-corrected chi connectivity index (χ0v) is 12.7. The molecule has 6 nitrogen and oxygen atoms in total. The van der Waals surface area contributed by atoms with Gasteiger partial charge in [0.1, 0.15) is 16.5 Å². The van der Waals surface area contributed by atoms with Gasteiger partial charge >= 0.3 is 0 Å². The van der Waals surface area contributed by atoms with Crippen LogP contribution in [0.5, 0.6) is 5.75 Å². The number of rotatable bonds is 5. The molecule has 7 heteroatoms. The number of hydrogen-bond acceptors (Lipinski definition) is 5. The number of nitrogens with zero attached hydrogens (tertiary/aromatic N) is 2. The summed E-state index contributed by atoms with van der Waals surface area (Å²) in [6.07, 6.45) is 1.26. The Bertz CT molecular complexity index is 697. The third-order valence-corrected chi connectivity index (χ3v) is 4.82. The summed E-state index contributed by atoms with van der Waals surface area (Å²) in [7, 11) is -0.479. The number of hydrogen-bond donors (Lipinski definition) is 1. The number of sulfonamides is 1. The highest BCUT2D eigenvalue weighted by Crippen LogP contribution is 2.18. The van der Waals surface area contributed by atoms with E-state index in [0.717, 1.165) is 11.3 Å². The molecule has 2 N–H and O–H groups in total. The molecule has 0 bridgehead atoms. The van der Waals surface area contributed by atoms with Gasteiger partial charge in [0.25, 0.3) is 0 Å². The van der Waals surface area contributed by atoms with E-state index in [0.29, 0.717) is 0 Å². The quantitative estimate of drug-likeness (QED) is 0.904. The van der Waals surface area contributed by atoms with Crippen molar-refractivity contribution in [2.75, 3.05) is 19.9 Å². The number of ether oxygens (including phenoxy) is 1. The van der Waals surface area contributed by atoms with E-state index in [-0.39, 0.29) is 17.3 Å². The van der Waals surface area contributed by atoms with Crippen molar-refractivity contribution in [1.82, 2.24) is 9.29 Å². The summed E-state index contributed by atoms with van der Waals surface area (Å²) in [5, 5.41) is 0. The van der Waals surface area contributed by atoms with Crippen LogP contribution in [0.4, 0.5) is 5.82 Å². The molecule has 0 radical (unpaired) electrons. The van der Waals surface area contributed by atoms with Crippen LogP contribution in [0.3, 0.4) is 0 Å². The summed E-state index contributed by atoms with van der Waals surface area (Å²) in [6, 6.07) is 10.1. The summed E-state index contributed by atoms with van der Waals surface area (Å²) in [4.78, 5) is 3.93. The minimum atomic E-state index is -3.59. The van der Waals surface area contributed by atoms with Crippen molar-refractivity contribution < 1.29 is 13.2 Å². The van der Waals surface area contributed by atoms with Gasteiger partial charge in [-0.25, -0.2) is 13.4 Å². The van der Waals surface area contributed by atoms with Gasteiger partial charge in [0.05, 0.1) is 7.11 Å². The molecule has 1 heterocycles. The summed E-state index contributed by atoms with van der Waals surface area (Å²) in [5.41, 5.74) is 6.33. The Hall–Kier alpha value is -2.12. The Morgan fingerprint density at radius 2 is 1.86 bits per heavy atom. The highest BCUT2D eigenvalue weighted by Gasteiger charge is 2.21. The van der Waals surface area contributed by atoms with Gasteiger partial charge in [0, 0.05) is 19.8 Å². The Morgan fingerprint density at radius 1 is 1.19 bits per heavy atom. The molecule has 0 aliphatic rings. The van der Waals surface area contributed by atoms with Gasteiger partial charge in [0.2, 0.25) is 10.0 Å². The molecule has 0 amide bonds. The van der Waals surface area contributed by atoms with Crippen LogP contribution >= 0.6 is 0 Å². The molecular weight excluding hydrogens is 290 g/mol. The molecule has 0 spiro atoms. The lowest BCUT2D eigenvalue weighted by Gasteiger charge is -2.17. The van der Waals surface area contributed by atoms with E-state index in [9.17, 15) is 8.42 Å².